The summed E-state index contributed by atoms with van der Waals surface area (Å²) in [7, 11) is 1.59. The fraction of sp³-hybridized carbons (Fsp3) is 0.292. The topological polar surface area (TPSA) is 127 Å². The first-order valence-electron chi connectivity index (χ1n) is 11.2. The molecule has 186 valence electrons. The lowest BCUT2D eigenvalue weighted by molar-refractivity contribution is 0.0956. The van der Waals surface area contributed by atoms with E-state index >= 15 is 0 Å². The number of nitrogens with zero attached hydrogens (tertiary/aromatic N) is 5. The van der Waals surface area contributed by atoms with Gasteiger partial charge in [-0.25, -0.2) is 15.0 Å². The lowest BCUT2D eigenvalue weighted by atomic mass is 10.1. The van der Waals surface area contributed by atoms with Crippen molar-refractivity contribution in [2.75, 3.05) is 43.1 Å². The number of thioether (sulfide) groups is 1. The van der Waals surface area contributed by atoms with Gasteiger partial charge < -0.3 is 15.0 Å². The molecule has 0 radical (unpaired) electrons. The minimum Gasteiger partial charge on any atom is -0.481 e. The van der Waals surface area contributed by atoms with Gasteiger partial charge in [0.05, 0.1) is 18.1 Å². The summed E-state index contributed by atoms with van der Waals surface area (Å²) in [5.74, 6) is 3.93. The lowest BCUT2D eigenvalue weighted by Crippen LogP contribution is -2.34. The van der Waals surface area contributed by atoms with Crippen molar-refractivity contribution in [1.82, 2.24) is 25.3 Å². The molecule has 0 saturated carbocycles. The molecule has 0 unspecified atom stereocenters. The lowest BCUT2D eigenvalue weighted by Gasteiger charge is -2.28. The van der Waals surface area contributed by atoms with Gasteiger partial charge in [0.25, 0.3) is 5.91 Å². The Balaban J connectivity index is 0.00000148. The molecule has 1 saturated heterocycles. The van der Waals surface area contributed by atoms with Crippen molar-refractivity contribution in [2.45, 2.75) is 6.42 Å². The molecule has 0 bridgehead atoms. The van der Waals surface area contributed by atoms with E-state index in [1.807, 2.05) is 47.5 Å². The van der Waals surface area contributed by atoms with Crippen LogP contribution >= 0.6 is 23.1 Å². The molecular weight excluding hydrogens is 500 g/mol. The molecule has 10 nitrogen and oxygen atoms in total. The molecule has 1 fully saturated rings. The van der Waals surface area contributed by atoms with Gasteiger partial charge in [-0.1, -0.05) is 12.1 Å². The third-order valence-corrected chi connectivity index (χ3v) is 7.38. The van der Waals surface area contributed by atoms with Crippen molar-refractivity contribution in [1.29, 1.82) is 0 Å². The summed E-state index contributed by atoms with van der Waals surface area (Å²) in [5, 5.41) is 5.75. The number of carbonyl (C=O) groups excluding carboxylic acids is 1. The average molecular weight is 525 g/mol. The Hall–Kier alpha value is -3.64. The van der Waals surface area contributed by atoms with Gasteiger partial charge in [-0.15, -0.1) is 11.3 Å². The molecule has 12 heteroatoms. The quantitative estimate of drug-likeness (QED) is 0.382. The molecule has 5 heterocycles. The number of hydrogen-bond donors (Lipinski definition) is 1. The second-order valence-electron chi connectivity index (χ2n) is 7.73. The van der Waals surface area contributed by atoms with Crippen molar-refractivity contribution in [3.05, 3.63) is 69.2 Å². The summed E-state index contributed by atoms with van der Waals surface area (Å²) in [5.41, 5.74) is 2.38. The van der Waals surface area contributed by atoms with Crippen molar-refractivity contribution < 1.29 is 9.53 Å². The predicted molar refractivity (Wildman–Crippen MR) is 144 cm³/mol. The number of hydrogen-bond acceptors (Lipinski definition) is 11. The van der Waals surface area contributed by atoms with Crippen LogP contribution in [-0.2, 0) is 6.42 Å². The van der Waals surface area contributed by atoms with Gasteiger partial charge >= 0.3 is 0 Å². The summed E-state index contributed by atoms with van der Waals surface area (Å²) < 4.78 is 5.10. The number of methoxy groups -OCH3 is 1. The highest BCUT2D eigenvalue weighted by Gasteiger charge is 2.24. The van der Waals surface area contributed by atoms with Crippen LogP contribution in [0.2, 0.25) is 0 Å². The molecule has 5 rings (SSSR count). The van der Waals surface area contributed by atoms with E-state index < -0.39 is 0 Å². The largest absolute Gasteiger partial charge is 0.481 e. The monoisotopic (exact) mass is 524 g/mol. The maximum atomic E-state index is 13.2. The smallest absolute Gasteiger partial charge is 0.252 e. The number of pyridine rings is 2. The van der Waals surface area contributed by atoms with E-state index in [0.717, 1.165) is 51.9 Å². The molecular formula is C24H24N6O4S2. The zero-order valence-electron chi connectivity index (χ0n) is 19.5. The minimum atomic E-state index is -0.116. The van der Waals surface area contributed by atoms with Crippen LogP contribution in [0, 0.1) is 9.93 Å². The minimum absolute atomic E-state index is 0.116. The van der Waals surface area contributed by atoms with E-state index in [-0.39, 0.29) is 5.91 Å². The first kappa shape index (κ1) is 25.5. The van der Waals surface area contributed by atoms with E-state index in [1.54, 1.807) is 19.5 Å². The van der Waals surface area contributed by atoms with Crippen LogP contribution in [0.1, 0.15) is 15.9 Å². The van der Waals surface area contributed by atoms with Gasteiger partial charge in [0.1, 0.15) is 16.3 Å². The van der Waals surface area contributed by atoms with Crippen molar-refractivity contribution in [2.24, 2.45) is 0 Å². The SMILES string of the molecule is COc1ccc(CCNC(=O)c2csc3nc(-c4ccccn4)nc(N4CCSCC4)c23)cn1.O=O. The van der Waals surface area contributed by atoms with Crippen LogP contribution in [0.3, 0.4) is 0 Å². The van der Waals surface area contributed by atoms with E-state index in [4.69, 9.17) is 24.6 Å². The maximum Gasteiger partial charge on any atom is 0.252 e. The van der Waals surface area contributed by atoms with Crippen molar-refractivity contribution in [3.8, 4) is 17.4 Å². The van der Waals surface area contributed by atoms with Crippen LogP contribution in [0.5, 0.6) is 5.88 Å². The van der Waals surface area contributed by atoms with Gasteiger partial charge in [0, 0.05) is 64.9 Å². The van der Waals surface area contributed by atoms with E-state index in [1.165, 1.54) is 11.3 Å². The zero-order valence-corrected chi connectivity index (χ0v) is 21.2. The molecule has 1 aliphatic rings. The first-order valence-corrected chi connectivity index (χ1v) is 13.2. The third-order valence-electron chi connectivity index (χ3n) is 5.57. The van der Waals surface area contributed by atoms with Crippen LogP contribution in [-0.4, -0.2) is 64.1 Å². The Morgan fingerprint density at radius 2 is 1.94 bits per heavy atom. The Morgan fingerprint density at radius 3 is 2.64 bits per heavy atom. The molecule has 4 aromatic rings. The molecule has 36 heavy (non-hydrogen) atoms. The van der Waals surface area contributed by atoms with Gasteiger partial charge in [-0.05, 0) is 24.1 Å². The number of ether oxygens (including phenoxy) is 1. The number of nitrogens with one attached hydrogen (secondary N) is 1. The van der Waals surface area contributed by atoms with Crippen molar-refractivity contribution in [3.63, 3.8) is 0 Å². The molecule has 1 N–H and O–H groups in total. The fourth-order valence-corrected chi connectivity index (χ4v) is 5.62. The van der Waals surface area contributed by atoms with Crippen LogP contribution < -0.4 is 15.0 Å². The van der Waals surface area contributed by atoms with Gasteiger partial charge in [0.15, 0.2) is 5.82 Å². The summed E-state index contributed by atoms with van der Waals surface area (Å²) in [6.07, 6.45) is 4.19. The summed E-state index contributed by atoms with van der Waals surface area (Å²) in [6.45, 7) is 2.28. The number of rotatable bonds is 7. The number of carbonyl (C=O) groups is 1. The number of fused-ring (bicyclic) bond motifs is 1. The number of thiophene rings is 1. The van der Waals surface area contributed by atoms with Gasteiger partial charge in [-0.3, -0.25) is 9.78 Å². The number of anilines is 1. The van der Waals surface area contributed by atoms with Crippen LogP contribution in [0.4, 0.5) is 5.82 Å². The highest BCUT2D eigenvalue weighted by molar-refractivity contribution is 7.99. The highest BCUT2D eigenvalue weighted by atomic mass is 32.2. The number of amides is 1. The summed E-state index contributed by atoms with van der Waals surface area (Å²) in [6, 6.07) is 9.49. The van der Waals surface area contributed by atoms with E-state index in [2.05, 4.69) is 20.2 Å². The summed E-state index contributed by atoms with van der Waals surface area (Å²) in [4.78, 5) is 48.5. The third kappa shape index (κ3) is 5.77. The van der Waals surface area contributed by atoms with Gasteiger partial charge in [0.2, 0.25) is 5.88 Å². The van der Waals surface area contributed by atoms with E-state index in [0.29, 0.717) is 30.2 Å². The molecule has 0 atom stereocenters. The standard InChI is InChI=1S/C24H24N6O2S2.O2/c1-32-19-6-5-16(14-27-19)7-9-26-23(31)17-15-34-24-20(17)22(30-10-12-33-13-11-30)28-21(29-24)18-4-2-3-8-25-18;1-2/h2-6,8,14-15H,7,9-13H2,1H3,(H,26,31);. The second-order valence-corrected chi connectivity index (χ2v) is 9.81. The van der Waals surface area contributed by atoms with Crippen LogP contribution in [0.15, 0.2) is 48.1 Å². The second kappa shape index (κ2) is 12.4. The molecule has 0 spiro atoms. The molecule has 0 aromatic carbocycles. The average Bonchev–Trinajstić information content (AvgIpc) is 3.39. The van der Waals surface area contributed by atoms with E-state index in [9.17, 15) is 4.79 Å². The summed E-state index contributed by atoms with van der Waals surface area (Å²) >= 11 is 3.40. The Bertz CT molecular complexity index is 1300. The Labute approximate surface area is 215 Å². The first-order chi connectivity index (χ1) is 17.7. The number of aromatic nitrogens is 4. The Morgan fingerprint density at radius 1 is 1.11 bits per heavy atom. The highest BCUT2D eigenvalue weighted by Crippen LogP contribution is 2.35. The zero-order chi connectivity index (χ0) is 25.3. The molecule has 4 aromatic heterocycles. The fourth-order valence-electron chi connectivity index (χ4n) is 3.80. The molecule has 0 aliphatic carbocycles. The Kier molecular flexibility index (Phi) is 8.74. The van der Waals surface area contributed by atoms with Crippen molar-refractivity contribution >= 4 is 45.0 Å². The molecule has 1 amide bonds. The maximum absolute atomic E-state index is 13.2. The molecule has 1 aliphatic heterocycles. The van der Waals surface area contributed by atoms with Crippen LogP contribution in [0.25, 0.3) is 21.7 Å². The predicted octanol–water partition coefficient (Wildman–Crippen LogP) is 3.75. The van der Waals surface area contributed by atoms with Gasteiger partial charge in [-0.2, -0.15) is 11.8 Å². The normalized spacial score (nSPS) is 13.1.